The van der Waals surface area contributed by atoms with Crippen LogP contribution in [-0.2, 0) is 4.79 Å². The van der Waals surface area contributed by atoms with E-state index in [-0.39, 0.29) is 16.5 Å². The zero-order chi connectivity index (χ0) is 10.2. The normalized spacial score (nSPS) is 39.8. The standard InChI is InChI=1S/C7H7Cl3O3/c8-3-4(9)6(13)7(10,1-2-11)5(3)12/h2,5-6,12-13H,1H2/t5-,6+,7?. The van der Waals surface area contributed by atoms with Crippen molar-refractivity contribution < 1.29 is 15.0 Å². The predicted octanol–water partition coefficient (Wildman–Crippen LogP) is 0.978. The molecule has 1 unspecified atom stereocenters. The van der Waals surface area contributed by atoms with Crippen LogP contribution in [-0.4, -0.2) is 33.6 Å². The van der Waals surface area contributed by atoms with Gasteiger partial charge < -0.3 is 15.0 Å². The molecule has 0 amide bonds. The summed E-state index contributed by atoms with van der Waals surface area (Å²) in [5.41, 5.74) is 0. The Balaban J connectivity index is 3.00. The fourth-order valence-corrected chi connectivity index (χ4v) is 2.17. The number of rotatable bonds is 2. The number of halogens is 3. The van der Waals surface area contributed by atoms with Crippen LogP contribution in [0.1, 0.15) is 6.42 Å². The van der Waals surface area contributed by atoms with Crippen LogP contribution >= 0.6 is 34.8 Å². The highest BCUT2D eigenvalue weighted by Crippen LogP contribution is 2.45. The van der Waals surface area contributed by atoms with E-state index < -0.39 is 17.1 Å². The van der Waals surface area contributed by atoms with E-state index in [2.05, 4.69) is 0 Å². The van der Waals surface area contributed by atoms with Crippen molar-refractivity contribution in [2.45, 2.75) is 23.5 Å². The number of alkyl halides is 1. The molecular formula is C7H7Cl3O3. The summed E-state index contributed by atoms with van der Waals surface area (Å²) in [5.74, 6) is 0. The summed E-state index contributed by atoms with van der Waals surface area (Å²) in [5, 5.41) is 18.7. The second kappa shape index (κ2) is 3.75. The summed E-state index contributed by atoms with van der Waals surface area (Å²) >= 11 is 17.0. The number of hydrogen-bond donors (Lipinski definition) is 2. The molecule has 6 heteroatoms. The molecule has 0 aliphatic heterocycles. The highest BCUT2D eigenvalue weighted by atomic mass is 35.5. The summed E-state index contributed by atoms with van der Waals surface area (Å²) in [6, 6.07) is 0. The molecule has 0 spiro atoms. The van der Waals surface area contributed by atoms with Gasteiger partial charge in [-0.05, 0) is 0 Å². The van der Waals surface area contributed by atoms with E-state index in [1.165, 1.54) is 0 Å². The van der Waals surface area contributed by atoms with Crippen molar-refractivity contribution in [1.29, 1.82) is 0 Å². The molecule has 74 valence electrons. The van der Waals surface area contributed by atoms with Crippen LogP contribution in [0.25, 0.3) is 0 Å². The number of hydrogen-bond acceptors (Lipinski definition) is 3. The van der Waals surface area contributed by atoms with Gasteiger partial charge in [0.15, 0.2) is 0 Å². The molecule has 0 saturated heterocycles. The fourth-order valence-electron chi connectivity index (χ4n) is 1.18. The Morgan fingerprint density at radius 2 is 1.69 bits per heavy atom. The Hall–Kier alpha value is 0.200. The van der Waals surface area contributed by atoms with Gasteiger partial charge in [-0.2, -0.15) is 0 Å². The molecule has 0 aromatic carbocycles. The second-order valence-electron chi connectivity index (χ2n) is 2.80. The molecule has 0 radical (unpaired) electrons. The van der Waals surface area contributed by atoms with E-state index in [4.69, 9.17) is 34.8 Å². The predicted molar refractivity (Wildman–Crippen MR) is 50.0 cm³/mol. The molecule has 3 nitrogen and oxygen atoms in total. The van der Waals surface area contributed by atoms with E-state index >= 15 is 0 Å². The van der Waals surface area contributed by atoms with Gasteiger partial charge in [-0.1, -0.05) is 23.2 Å². The monoisotopic (exact) mass is 244 g/mol. The van der Waals surface area contributed by atoms with E-state index in [9.17, 15) is 15.0 Å². The SMILES string of the molecule is O=CCC1(Cl)[C@H](O)C(Cl)=C(Cl)[C@@H]1O. The van der Waals surface area contributed by atoms with Crippen molar-refractivity contribution in [3.63, 3.8) is 0 Å². The number of carbonyl (C=O) groups is 1. The van der Waals surface area contributed by atoms with Crippen LogP contribution in [0, 0.1) is 0 Å². The van der Waals surface area contributed by atoms with Crippen molar-refractivity contribution in [3.8, 4) is 0 Å². The Bertz CT molecular complexity index is 246. The first kappa shape index (κ1) is 11.3. The van der Waals surface area contributed by atoms with Crippen LogP contribution < -0.4 is 0 Å². The van der Waals surface area contributed by atoms with Crippen LogP contribution in [0.15, 0.2) is 10.1 Å². The van der Waals surface area contributed by atoms with Gasteiger partial charge in [0.25, 0.3) is 0 Å². The van der Waals surface area contributed by atoms with Crippen molar-refractivity contribution in [1.82, 2.24) is 0 Å². The van der Waals surface area contributed by atoms with E-state index in [0.717, 1.165) is 0 Å². The molecule has 13 heavy (non-hydrogen) atoms. The molecule has 0 aromatic rings. The number of aliphatic hydroxyl groups is 2. The van der Waals surface area contributed by atoms with Crippen LogP contribution in [0.5, 0.6) is 0 Å². The molecule has 0 fully saturated rings. The Labute approximate surface area is 89.9 Å². The average molecular weight is 245 g/mol. The average Bonchev–Trinajstić information content (AvgIpc) is 2.23. The van der Waals surface area contributed by atoms with Gasteiger partial charge in [0.2, 0.25) is 0 Å². The largest absolute Gasteiger partial charge is 0.385 e. The van der Waals surface area contributed by atoms with Crippen molar-refractivity contribution in [3.05, 3.63) is 10.1 Å². The molecule has 0 aromatic heterocycles. The van der Waals surface area contributed by atoms with E-state index in [0.29, 0.717) is 6.29 Å². The van der Waals surface area contributed by atoms with Gasteiger partial charge >= 0.3 is 0 Å². The van der Waals surface area contributed by atoms with Crippen molar-refractivity contribution in [2.75, 3.05) is 0 Å². The number of aldehydes is 1. The second-order valence-corrected chi connectivity index (χ2v) is 4.32. The zero-order valence-corrected chi connectivity index (χ0v) is 8.64. The maximum absolute atomic E-state index is 10.3. The smallest absolute Gasteiger partial charge is 0.121 e. The number of aliphatic hydroxyl groups excluding tert-OH is 2. The minimum atomic E-state index is -1.52. The summed E-state index contributed by atoms with van der Waals surface area (Å²) in [7, 11) is 0. The van der Waals surface area contributed by atoms with Gasteiger partial charge in [-0.25, -0.2) is 0 Å². The molecule has 0 heterocycles. The number of carbonyl (C=O) groups excluding carboxylic acids is 1. The lowest BCUT2D eigenvalue weighted by molar-refractivity contribution is -0.109. The summed E-state index contributed by atoms with van der Waals surface area (Å²) < 4.78 is 0. The first-order chi connectivity index (χ1) is 5.95. The summed E-state index contributed by atoms with van der Waals surface area (Å²) in [4.78, 5) is 8.74. The molecule has 1 aliphatic carbocycles. The van der Waals surface area contributed by atoms with Gasteiger partial charge in [-0.15, -0.1) is 11.6 Å². The van der Waals surface area contributed by atoms with Gasteiger partial charge in [0, 0.05) is 6.42 Å². The lowest BCUT2D eigenvalue weighted by Crippen LogP contribution is -2.42. The maximum Gasteiger partial charge on any atom is 0.121 e. The summed E-state index contributed by atoms with van der Waals surface area (Å²) in [6.45, 7) is 0. The Morgan fingerprint density at radius 3 is 2.00 bits per heavy atom. The topological polar surface area (TPSA) is 57.5 Å². The lowest BCUT2D eigenvalue weighted by Gasteiger charge is -2.27. The fraction of sp³-hybridized carbons (Fsp3) is 0.571. The van der Waals surface area contributed by atoms with Crippen LogP contribution in [0.3, 0.4) is 0 Å². The van der Waals surface area contributed by atoms with Crippen LogP contribution in [0.4, 0.5) is 0 Å². The third kappa shape index (κ3) is 1.60. The first-order valence-corrected chi connectivity index (χ1v) is 4.62. The minimum Gasteiger partial charge on any atom is -0.385 e. The first-order valence-electron chi connectivity index (χ1n) is 3.49. The summed E-state index contributed by atoms with van der Waals surface area (Å²) in [6.07, 6.45) is -2.32. The van der Waals surface area contributed by atoms with E-state index in [1.54, 1.807) is 0 Å². The minimum absolute atomic E-state index is 0.106. The Kier molecular flexibility index (Phi) is 3.25. The third-order valence-corrected chi connectivity index (χ3v) is 3.50. The highest BCUT2D eigenvalue weighted by Gasteiger charge is 2.52. The molecule has 3 atom stereocenters. The van der Waals surface area contributed by atoms with Crippen molar-refractivity contribution in [2.24, 2.45) is 0 Å². The van der Waals surface area contributed by atoms with Gasteiger partial charge in [0.1, 0.15) is 23.4 Å². The Morgan fingerprint density at radius 1 is 1.31 bits per heavy atom. The van der Waals surface area contributed by atoms with Gasteiger partial charge in [0.05, 0.1) is 10.1 Å². The molecule has 1 rings (SSSR count). The quantitative estimate of drug-likeness (QED) is 0.563. The zero-order valence-electron chi connectivity index (χ0n) is 6.38. The third-order valence-electron chi connectivity index (χ3n) is 2.01. The van der Waals surface area contributed by atoms with Gasteiger partial charge in [-0.3, -0.25) is 0 Å². The highest BCUT2D eigenvalue weighted by molar-refractivity contribution is 6.43. The molecule has 0 saturated carbocycles. The molecule has 2 N–H and O–H groups in total. The maximum atomic E-state index is 10.3. The molecular weight excluding hydrogens is 238 g/mol. The lowest BCUT2D eigenvalue weighted by atomic mass is 9.98. The molecule has 1 aliphatic rings. The van der Waals surface area contributed by atoms with Crippen molar-refractivity contribution >= 4 is 41.1 Å². The van der Waals surface area contributed by atoms with E-state index in [1.807, 2.05) is 0 Å². The van der Waals surface area contributed by atoms with Crippen LogP contribution in [0.2, 0.25) is 0 Å². The molecule has 0 bridgehead atoms.